The molecular formula is C39H56ClN5O8S. The maximum atomic E-state index is 13.9. The van der Waals surface area contributed by atoms with Crippen LogP contribution < -0.4 is 15.4 Å². The number of unbranched alkanes of at least 4 members (excludes halogenated alkanes) is 3. The number of β-amino-alcohol motifs (C(OH)–C–C–N with tert-alkyl or cyclic N) is 1. The number of carbonyl (C=O) groups is 3. The smallest absolute Gasteiger partial charge is 0.246 e. The van der Waals surface area contributed by atoms with Gasteiger partial charge < -0.3 is 39.6 Å². The number of hydrogen-bond donors (Lipinski definition) is 3. The van der Waals surface area contributed by atoms with Crippen molar-refractivity contribution < 1.29 is 38.4 Å². The van der Waals surface area contributed by atoms with Gasteiger partial charge in [0.15, 0.2) is 0 Å². The maximum Gasteiger partial charge on any atom is 0.246 e. The van der Waals surface area contributed by atoms with E-state index in [1.807, 2.05) is 45.9 Å². The molecule has 298 valence electrons. The Morgan fingerprint density at radius 3 is 2.33 bits per heavy atom. The quantitative estimate of drug-likeness (QED) is 0.105. The summed E-state index contributed by atoms with van der Waals surface area (Å²) in [4.78, 5) is 47.3. The van der Waals surface area contributed by atoms with Crippen LogP contribution in [-0.2, 0) is 35.1 Å². The number of benzene rings is 1. The van der Waals surface area contributed by atoms with Gasteiger partial charge in [-0.05, 0) is 49.7 Å². The Kier molecular flexibility index (Phi) is 17.0. The van der Waals surface area contributed by atoms with Crippen LogP contribution in [0.25, 0.3) is 10.4 Å². The fourth-order valence-electron chi connectivity index (χ4n) is 6.16. The Labute approximate surface area is 328 Å². The molecule has 1 aromatic carbocycles. The van der Waals surface area contributed by atoms with Gasteiger partial charge >= 0.3 is 0 Å². The predicted molar refractivity (Wildman–Crippen MR) is 206 cm³/mol. The SMILES string of the molecule is Cc1ncsc1-c1ccc(CNC(=O)C2CC(O)CN2C(=O)C(NC(=O)C2(C#N)CC2)C(C)(C)C)c(OCCOCCOCCOCCCCCCCl)c1. The molecule has 3 unspecified atom stereocenters. The van der Waals surface area contributed by atoms with E-state index >= 15 is 0 Å². The standard InChI is InChI=1S/C39H56ClN5O8S/c1-27-33(54-26-43-27)28-9-10-29(32(21-28)53-20-19-52-18-17-51-16-15-50-14-8-6-5-7-13-40)23-42-35(47)31-22-30(46)24-45(31)36(48)34(38(2,3)4)44-37(49)39(25-41)11-12-39/h9-10,21,26,30-31,34,46H,5-8,11-20,22-24H2,1-4H3,(H,42,47)(H,44,49). The lowest BCUT2D eigenvalue weighted by Crippen LogP contribution is -2.58. The van der Waals surface area contributed by atoms with Crippen molar-refractivity contribution in [3.05, 3.63) is 35.0 Å². The number of aliphatic hydroxyl groups is 1. The van der Waals surface area contributed by atoms with Gasteiger partial charge in [0.1, 0.15) is 29.9 Å². The van der Waals surface area contributed by atoms with E-state index in [9.17, 15) is 24.8 Å². The average Bonchev–Trinajstić information content (AvgIpc) is 3.68. The molecule has 0 radical (unpaired) electrons. The molecule has 1 aliphatic heterocycles. The summed E-state index contributed by atoms with van der Waals surface area (Å²) in [6.07, 6.45) is 4.35. The average molecular weight is 790 g/mol. The molecule has 2 heterocycles. The third-order valence-electron chi connectivity index (χ3n) is 9.58. The number of thiazole rings is 1. The van der Waals surface area contributed by atoms with E-state index in [0.29, 0.717) is 57.5 Å². The van der Waals surface area contributed by atoms with Crippen molar-refractivity contribution in [3.8, 4) is 22.3 Å². The van der Waals surface area contributed by atoms with Crippen molar-refractivity contribution in [2.45, 2.75) is 97.4 Å². The number of halogens is 1. The van der Waals surface area contributed by atoms with Gasteiger partial charge in [-0.3, -0.25) is 14.4 Å². The van der Waals surface area contributed by atoms with E-state index in [1.165, 1.54) is 16.2 Å². The number of aromatic nitrogens is 1. The van der Waals surface area contributed by atoms with E-state index < -0.39 is 46.7 Å². The van der Waals surface area contributed by atoms with Crippen LogP contribution in [0.1, 0.15) is 77.0 Å². The number of amides is 3. The van der Waals surface area contributed by atoms with Gasteiger partial charge in [0.25, 0.3) is 0 Å². The Balaban J connectivity index is 1.30. The van der Waals surface area contributed by atoms with Crippen LogP contribution in [0.5, 0.6) is 5.75 Å². The highest BCUT2D eigenvalue weighted by molar-refractivity contribution is 7.13. The number of nitrogens with zero attached hydrogens (tertiary/aromatic N) is 3. The highest BCUT2D eigenvalue weighted by Crippen LogP contribution is 2.45. The number of likely N-dealkylation sites (tertiary alicyclic amines) is 1. The summed E-state index contributed by atoms with van der Waals surface area (Å²) >= 11 is 7.22. The summed E-state index contributed by atoms with van der Waals surface area (Å²) in [7, 11) is 0. The summed E-state index contributed by atoms with van der Waals surface area (Å²) in [6, 6.07) is 5.89. The Bertz CT molecular complexity index is 1570. The molecule has 2 aromatic rings. The fourth-order valence-corrected chi connectivity index (χ4v) is 7.16. The minimum atomic E-state index is -1.11. The van der Waals surface area contributed by atoms with Crippen molar-refractivity contribution in [1.29, 1.82) is 5.26 Å². The molecule has 2 fully saturated rings. The summed E-state index contributed by atoms with van der Waals surface area (Å²) in [6.45, 7) is 10.7. The zero-order chi connectivity index (χ0) is 39.1. The fraction of sp³-hybridized carbons (Fsp3) is 0.667. The summed E-state index contributed by atoms with van der Waals surface area (Å²) in [5, 5.41) is 25.8. The molecule has 13 nitrogen and oxygen atoms in total. The zero-order valence-electron chi connectivity index (χ0n) is 32.0. The van der Waals surface area contributed by atoms with Crippen LogP contribution in [-0.4, -0.2) is 110 Å². The largest absolute Gasteiger partial charge is 0.491 e. The number of aliphatic hydroxyl groups excluding tert-OH is 1. The van der Waals surface area contributed by atoms with Gasteiger partial charge in [-0.25, -0.2) is 4.98 Å². The van der Waals surface area contributed by atoms with Gasteiger partial charge in [-0.2, -0.15) is 5.26 Å². The first-order chi connectivity index (χ1) is 25.9. The van der Waals surface area contributed by atoms with Crippen molar-refractivity contribution in [3.63, 3.8) is 0 Å². The van der Waals surface area contributed by atoms with E-state index in [-0.39, 0.29) is 26.1 Å². The van der Waals surface area contributed by atoms with E-state index in [0.717, 1.165) is 54.0 Å². The first kappa shape index (κ1) is 43.4. The van der Waals surface area contributed by atoms with E-state index in [2.05, 4.69) is 21.7 Å². The number of rotatable bonds is 23. The van der Waals surface area contributed by atoms with Gasteiger partial charge in [0.05, 0.1) is 61.3 Å². The molecule has 15 heteroatoms. The number of nitrogens with one attached hydrogen (secondary N) is 2. The Hall–Kier alpha value is -3.32. The third kappa shape index (κ3) is 12.6. The molecule has 1 saturated heterocycles. The van der Waals surface area contributed by atoms with Crippen LogP contribution in [0.3, 0.4) is 0 Å². The van der Waals surface area contributed by atoms with Gasteiger partial charge in [0.2, 0.25) is 17.7 Å². The third-order valence-corrected chi connectivity index (χ3v) is 10.8. The van der Waals surface area contributed by atoms with Crippen molar-refractivity contribution >= 4 is 40.7 Å². The van der Waals surface area contributed by atoms with Crippen LogP contribution in [0, 0.1) is 29.1 Å². The first-order valence-corrected chi connectivity index (χ1v) is 20.3. The molecule has 3 amide bonds. The molecule has 2 aliphatic rings. The Morgan fingerprint density at radius 1 is 1.06 bits per heavy atom. The first-order valence-electron chi connectivity index (χ1n) is 18.8. The number of alkyl halides is 1. The van der Waals surface area contributed by atoms with Crippen molar-refractivity contribution in [2.24, 2.45) is 10.8 Å². The van der Waals surface area contributed by atoms with E-state index in [1.54, 1.807) is 5.51 Å². The second kappa shape index (κ2) is 21.1. The number of hydrogen-bond acceptors (Lipinski definition) is 11. The second-order valence-electron chi connectivity index (χ2n) is 15.0. The van der Waals surface area contributed by atoms with Crippen LogP contribution in [0.2, 0.25) is 0 Å². The highest BCUT2D eigenvalue weighted by atomic mass is 35.5. The van der Waals surface area contributed by atoms with Crippen molar-refractivity contribution in [2.75, 3.05) is 58.7 Å². The molecule has 3 N–H and O–H groups in total. The molecule has 4 rings (SSSR count). The highest BCUT2D eigenvalue weighted by Gasteiger charge is 2.53. The molecule has 3 atom stereocenters. The molecule has 54 heavy (non-hydrogen) atoms. The summed E-state index contributed by atoms with van der Waals surface area (Å²) in [5.41, 5.74) is 2.52. The molecule has 1 aromatic heterocycles. The predicted octanol–water partition coefficient (Wildman–Crippen LogP) is 4.76. The van der Waals surface area contributed by atoms with Gasteiger partial charge in [-0.1, -0.05) is 45.7 Å². The van der Waals surface area contributed by atoms with Gasteiger partial charge in [0, 0.05) is 37.6 Å². The normalized spacial score (nSPS) is 18.2. The monoisotopic (exact) mass is 789 g/mol. The van der Waals surface area contributed by atoms with Crippen LogP contribution in [0.4, 0.5) is 0 Å². The topological polar surface area (TPSA) is 172 Å². The maximum absolute atomic E-state index is 13.9. The lowest BCUT2D eigenvalue weighted by Gasteiger charge is -2.35. The lowest BCUT2D eigenvalue weighted by molar-refractivity contribution is -0.144. The van der Waals surface area contributed by atoms with E-state index in [4.69, 9.17) is 30.5 Å². The molecule has 0 spiro atoms. The molecular weight excluding hydrogens is 734 g/mol. The number of carbonyl (C=O) groups excluding carboxylic acids is 3. The number of aryl methyl sites for hydroxylation is 1. The molecule has 1 aliphatic carbocycles. The Morgan fingerprint density at radius 2 is 1.72 bits per heavy atom. The zero-order valence-corrected chi connectivity index (χ0v) is 33.6. The molecule has 1 saturated carbocycles. The second-order valence-corrected chi connectivity index (χ2v) is 16.2. The number of nitriles is 1. The van der Waals surface area contributed by atoms with Crippen molar-refractivity contribution in [1.82, 2.24) is 20.5 Å². The van der Waals surface area contributed by atoms with Crippen LogP contribution in [0.15, 0.2) is 23.7 Å². The number of ether oxygens (including phenoxy) is 4. The lowest BCUT2D eigenvalue weighted by atomic mass is 9.85. The summed E-state index contributed by atoms with van der Waals surface area (Å²) in [5.74, 6) is -0.110. The molecule has 0 bridgehead atoms. The minimum Gasteiger partial charge on any atom is -0.491 e. The van der Waals surface area contributed by atoms with Crippen LogP contribution >= 0.6 is 22.9 Å². The summed E-state index contributed by atoms with van der Waals surface area (Å²) < 4.78 is 23.1. The minimum absolute atomic E-state index is 0.0470. The van der Waals surface area contributed by atoms with Gasteiger partial charge in [-0.15, -0.1) is 22.9 Å².